The van der Waals surface area contributed by atoms with Crippen molar-refractivity contribution < 1.29 is 18.3 Å². The van der Waals surface area contributed by atoms with Crippen LogP contribution in [0.5, 0.6) is 6.01 Å². The summed E-state index contributed by atoms with van der Waals surface area (Å²) < 4.78 is 27.5. The Morgan fingerprint density at radius 2 is 2.25 bits per heavy atom. The molecule has 1 unspecified atom stereocenters. The van der Waals surface area contributed by atoms with Crippen molar-refractivity contribution in [2.45, 2.75) is 0 Å². The maximum atomic E-state index is 11.8. The summed E-state index contributed by atoms with van der Waals surface area (Å²) in [6.45, 7) is 0. The molecule has 0 amide bonds. The maximum Gasteiger partial charge on any atom is 0.632 e. The Morgan fingerprint density at radius 1 is 1.38 bits per heavy atom. The highest BCUT2D eigenvalue weighted by Gasteiger charge is 2.45. The van der Waals surface area contributed by atoms with Gasteiger partial charge in [-0.25, -0.2) is 10.0 Å². The van der Waals surface area contributed by atoms with Crippen LogP contribution in [-0.4, -0.2) is 19.7 Å². The van der Waals surface area contributed by atoms with Gasteiger partial charge in [0.1, 0.15) is 0 Å². The molecule has 4 aliphatic heterocycles. The lowest BCUT2D eigenvalue weighted by molar-refractivity contribution is 0.220. The summed E-state index contributed by atoms with van der Waals surface area (Å²) in [6, 6.07) is -0.0276. The summed E-state index contributed by atoms with van der Waals surface area (Å²) in [5.41, 5.74) is 8.48. The van der Waals surface area contributed by atoms with E-state index in [-0.39, 0.29) is 23.4 Å². The molecular weight excluding hydrogens is 239 g/mol. The van der Waals surface area contributed by atoms with Gasteiger partial charge in [-0.1, -0.05) is 0 Å². The molecule has 0 aliphatic carbocycles. The van der Waals surface area contributed by atoms with Crippen LogP contribution in [0.2, 0.25) is 0 Å². The fraction of sp³-hybridized carbons (Fsp3) is 0. The van der Waals surface area contributed by atoms with Crippen molar-refractivity contribution in [2.75, 3.05) is 11.2 Å². The zero-order valence-electron chi connectivity index (χ0n) is 7.45. The smallest absolute Gasteiger partial charge is 0.382 e. The number of rotatable bonds is 0. The van der Waals surface area contributed by atoms with Gasteiger partial charge in [0.2, 0.25) is 0 Å². The lowest BCUT2D eigenvalue weighted by atomic mass is 10.5. The second-order valence-electron chi connectivity index (χ2n) is 3.11. The zero-order valence-corrected chi connectivity index (χ0v) is 8.34. The number of anilines is 2. The second kappa shape index (κ2) is 2.20. The number of nitrogens with two attached hydrogens (primary N) is 1. The molecule has 6 heterocycles. The molecule has 0 saturated carbocycles. The quantitative estimate of drug-likeness (QED) is 0.598. The first-order valence-electron chi connectivity index (χ1n) is 4.15. The third-order valence-corrected chi connectivity index (χ3v) is 3.16. The van der Waals surface area contributed by atoms with Crippen LogP contribution in [-0.2, 0) is 9.19 Å². The normalized spacial score (nSPS) is 25.0. The van der Waals surface area contributed by atoms with Gasteiger partial charge in [-0.2, -0.15) is 15.0 Å². The molecule has 82 valence electrons. The zero-order chi connectivity index (χ0) is 10.9. The summed E-state index contributed by atoms with van der Waals surface area (Å²) in [4.78, 5) is 11.8. The van der Waals surface area contributed by atoms with Gasteiger partial charge in [-0.3, -0.25) is 4.62 Å². The first kappa shape index (κ1) is 8.13. The maximum absolute atomic E-state index is 11.8. The van der Waals surface area contributed by atoms with Gasteiger partial charge in [0.15, 0.2) is 17.0 Å². The first-order chi connectivity index (χ1) is 7.65. The molecule has 0 spiro atoms. The minimum atomic E-state index is -3.76. The number of imidazole rings is 1. The van der Waals surface area contributed by atoms with Crippen LogP contribution < -0.4 is 20.4 Å². The monoisotopic (exact) mass is 242 g/mol. The highest BCUT2D eigenvalue weighted by molar-refractivity contribution is 7.49. The van der Waals surface area contributed by atoms with Crippen LogP contribution in [0.25, 0.3) is 11.2 Å². The molecule has 11 heteroatoms. The van der Waals surface area contributed by atoms with Crippen molar-refractivity contribution in [3.63, 3.8) is 0 Å². The second-order valence-corrected chi connectivity index (χ2v) is 4.53. The first-order valence-corrected chi connectivity index (χ1v) is 5.61. The molecule has 2 aromatic rings. The van der Waals surface area contributed by atoms with Gasteiger partial charge in [0, 0.05) is 0 Å². The van der Waals surface area contributed by atoms with Crippen molar-refractivity contribution in [1.29, 1.82) is 0 Å². The number of nitrogens with one attached hydrogen (secondary N) is 1. The molecule has 0 saturated heterocycles. The number of phosphoric acid groups is 1. The summed E-state index contributed by atoms with van der Waals surface area (Å²) in [6.07, 6.45) is 0. The molecule has 0 fully saturated rings. The molecule has 0 aromatic carbocycles. The Balaban J connectivity index is 2.22. The van der Waals surface area contributed by atoms with Crippen molar-refractivity contribution in [3.8, 4) is 6.01 Å². The van der Waals surface area contributed by atoms with Crippen LogP contribution in [0.1, 0.15) is 0 Å². The summed E-state index contributed by atoms with van der Waals surface area (Å²) in [5.74, 6) is 0.159. The molecule has 6 rings (SSSR count). The standard InChI is InChI=1S/C5H3N6O4P/c6-2-1-3-8-4(7-2)10-14-16(12)13-5(9-3)11(1)15-16/h(H3,6,7,8,10). The van der Waals surface area contributed by atoms with E-state index in [4.69, 9.17) is 19.5 Å². The van der Waals surface area contributed by atoms with Gasteiger partial charge in [-0.15, -0.1) is 9.35 Å². The fourth-order valence-corrected chi connectivity index (χ4v) is 2.46. The lowest BCUT2D eigenvalue weighted by Crippen LogP contribution is -2.07. The number of fused-ring (bicyclic) bond motifs is 1. The molecule has 6 bridgehead atoms. The van der Waals surface area contributed by atoms with Gasteiger partial charge in [0.25, 0.3) is 5.95 Å². The Hall–Kier alpha value is -2.06. The number of hydrogen-bond donors (Lipinski definition) is 2. The van der Waals surface area contributed by atoms with Crippen LogP contribution in [0.15, 0.2) is 0 Å². The van der Waals surface area contributed by atoms with E-state index in [1.54, 1.807) is 0 Å². The summed E-state index contributed by atoms with van der Waals surface area (Å²) in [7, 11) is -3.76. The fourth-order valence-electron chi connectivity index (χ4n) is 1.49. The van der Waals surface area contributed by atoms with E-state index >= 15 is 0 Å². The van der Waals surface area contributed by atoms with Crippen LogP contribution in [0.3, 0.4) is 0 Å². The summed E-state index contributed by atoms with van der Waals surface area (Å²) >= 11 is 0. The number of nitrogens with zero attached hydrogens (tertiary/aromatic N) is 4. The molecule has 16 heavy (non-hydrogen) atoms. The van der Waals surface area contributed by atoms with E-state index in [0.29, 0.717) is 5.52 Å². The molecule has 1 atom stereocenters. The van der Waals surface area contributed by atoms with Gasteiger partial charge < -0.3 is 10.3 Å². The highest BCUT2D eigenvalue weighted by Crippen LogP contribution is 2.53. The third kappa shape index (κ3) is 0.812. The molecule has 10 nitrogen and oxygen atoms in total. The van der Waals surface area contributed by atoms with Gasteiger partial charge >= 0.3 is 13.8 Å². The topological polar surface area (TPSA) is 126 Å². The minimum absolute atomic E-state index is 0.0276. The van der Waals surface area contributed by atoms with E-state index in [1.165, 1.54) is 0 Å². The van der Waals surface area contributed by atoms with Crippen molar-refractivity contribution in [3.05, 3.63) is 0 Å². The largest absolute Gasteiger partial charge is 0.632 e. The Bertz CT molecular complexity index is 681. The lowest BCUT2D eigenvalue weighted by Gasteiger charge is -2.05. The molecule has 0 radical (unpaired) electrons. The van der Waals surface area contributed by atoms with E-state index in [2.05, 4.69) is 20.4 Å². The van der Waals surface area contributed by atoms with E-state index < -0.39 is 7.82 Å². The number of hydrogen-bond acceptors (Lipinski definition) is 9. The highest BCUT2D eigenvalue weighted by atomic mass is 31.2. The van der Waals surface area contributed by atoms with Gasteiger partial charge in [-0.05, 0) is 0 Å². The van der Waals surface area contributed by atoms with Crippen LogP contribution >= 0.6 is 7.82 Å². The summed E-state index contributed by atoms with van der Waals surface area (Å²) in [5, 5.41) is 0. The van der Waals surface area contributed by atoms with E-state index in [1.807, 2.05) is 0 Å². The average Bonchev–Trinajstić information content (AvgIpc) is 2.71. The number of aromatic nitrogens is 4. The predicted octanol–water partition coefficient (Wildman–Crippen LogP) is -0.305. The Morgan fingerprint density at radius 3 is 3.12 bits per heavy atom. The Labute approximate surface area is 86.9 Å². The average molecular weight is 242 g/mol. The number of nitrogen functional groups attached to an aromatic ring is 1. The SMILES string of the molecule is Nc1nc2nc3nc4n(c13)OP(=O)(ON2)O4. The van der Waals surface area contributed by atoms with Crippen molar-refractivity contribution in [1.82, 2.24) is 19.7 Å². The third-order valence-electron chi connectivity index (χ3n) is 2.09. The Kier molecular flexibility index (Phi) is 1.12. The van der Waals surface area contributed by atoms with Gasteiger partial charge in [0.05, 0.1) is 0 Å². The molecule has 3 N–H and O–H groups in total. The van der Waals surface area contributed by atoms with Crippen LogP contribution in [0.4, 0.5) is 11.8 Å². The van der Waals surface area contributed by atoms with E-state index in [9.17, 15) is 4.57 Å². The van der Waals surface area contributed by atoms with E-state index in [0.717, 1.165) is 4.73 Å². The van der Waals surface area contributed by atoms with Crippen molar-refractivity contribution >= 4 is 30.8 Å². The van der Waals surface area contributed by atoms with Crippen LogP contribution in [0, 0.1) is 0 Å². The van der Waals surface area contributed by atoms with Crippen molar-refractivity contribution in [2.24, 2.45) is 0 Å². The molecule has 4 aliphatic rings. The minimum Gasteiger partial charge on any atom is -0.382 e. The predicted molar refractivity (Wildman–Crippen MR) is 49.3 cm³/mol. The molecule has 2 aromatic heterocycles. The molecular formula is C5H3N6O4P.